The van der Waals surface area contributed by atoms with Crippen LogP contribution >= 0.6 is 24.0 Å². The zero-order valence-electron chi connectivity index (χ0n) is 12.2. The molecule has 0 radical (unpaired) electrons. The fraction of sp³-hybridized carbons (Fsp3) is 0.625. The first kappa shape index (κ1) is 17.0. The summed E-state index contributed by atoms with van der Waals surface area (Å²) in [6, 6.07) is 5.67. The lowest BCUT2D eigenvalue weighted by Gasteiger charge is -2.38. The molecule has 1 aromatic rings. The Hall–Kier alpha value is -0.350. The highest BCUT2D eigenvalue weighted by atomic mass is 35.5. The van der Waals surface area contributed by atoms with Gasteiger partial charge in [0.25, 0.3) is 0 Å². The second kappa shape index (κ2) is 7.77. The molecular formula is C16H23Cl2FN2. The van der Waals surface area contributed by atoms with Crippen molar-refractivity contribution in [3.63, 3.8) is 0 Å². The van der Waals surface area contributed by atoms with Gasteiger partial charge in [0.05, 0.1) is 5.02 Å². The van der Waals surface area contributed by atoms with Gasteiger partial charge in [-0.2, -0.15) is 0 Å². The molecule has 1 atom stereocenters. The molecule has 0 aromatic heterocycles. The summed E-state index contributed by atoms with van der Waals surface area (Å²) in [5.41, 5.74) is 1.19. The first-order valence-electron chi connectivity index (χ1n) is 7.65. The zero-order valence-corrected chi connectivity index (χ0v) is 13.7. The minimum Gasteiger partial charge on any atom is -0.314 e. The zero-order chi connectivity index (χ0) is 13.9. The molecule has 118 valence electrons. The normalized spacial score (nSPS) is 22.0. The summed E-state index contributed by atoms with van der Waals surface area (Å²) in [7, 11) is 0. The van der Waals surface area contributed by atoms with E-state index >= 15 is 0 Å². The van der Waals surface area contributed by atoms with Crippen molar-refractivity contribution in [2.24, 2.45) is 5.92 Å². The molecule has 1 aliphatic heterocycles. The van der Waals surface area contributed by atoms with E-state index in [2.05, 4.69) is 10.2 Å². The summed E-state index contributed by atoms with van der Waals surface area (Å²) in [5.74, 6) is 0.371. The van der Waals surface area contributed by atoms with Gasteiger partial charge in [0.15, 0.2) is 0 Å². The van der Waals surface area contributed by atoms with Gasteiger partial charge in [-0.3, -0.25) is 4.90 Å². The van der Waals surface area contributed by atoms with E-state index in [4.69, 9.17) is 11.6 Å². The number of hydrogen-bond acceptors (Lipinski definition) is 2. The number of benzene rings is 1. The van der Waals surface area contributed by atoms with Gasteiger partial charge < -0.3 is 5.32 Å². The van der Waals surface area contributed by atoms with E-state index < -0.39 is 0 Å². The second-order valence-corrected chi connectivity index (χ2v) is 6.36. The van der Waals surface area contributed by atoms with Gasteiger partial charge in [-0.05, 0) is 36.5 Å². The lowest BCUT2D eigenvalue weighted by molar-refractivity contribution is 0.125. The van der Waals surface area contributed by atoms with Crippen molar-refractivity contribution in [2.75, 3.05) is 26.2 Å². The van der Waals surface area contributed by atoms with Gasteiger partial charge in [0.2, 0.25) is 0 Å². The number of rotatable bonds is 3. The summed E-state index contributed by atoms with van der Waals surface area (Å²) in [4.78, 5) is 2.55. The minimum atomic E-state index is -0.319. The molecule has 21 heavy (non-hydrogen) atoms. The average Bonchev–Trinajstić information content (AvgIpc) is 2.98. The number of nitrogens with one attached hydrogen (secondary N) is 1. The predicted molar refractivity (Wildman–Crippen MR) is 87.8 cm³/mol. The van der Waals surface area contributed by atoms with Crippen LogP contribution in [-0.4, -0.2) is 31.1 Å². The van der Waals surface area contributed by atoms with Crippen LogP contribution in [0.1, 0.15) is 37.3 Å². The maximum Gasteiger partial charge on any atom is 0.141 e. The fourth-order valence-corrected chi connectivity index (χ4v) is 3.90. The van der Waals surface area contributed by atoms with Gasteiger partial charge in [0, 0.05) is 32.2 Å². The molecule has 2 nitrogen and oxygen atoms in total. The van der Waals surface area contributed by atoms with Gasteiger partial charge in [-0.1, -0.05) is 30.5 Å². The molecule has 1 saturated heterocycles. The van der Waals surface area contributed by atoms with Crippen LogP contribution in [0.25, 0.3) is 0 Å². The molecule has 2 fully saturated rings. The molecular weight excluding hydrogens is 310 g/mol. The number of piperazine rings is 1. The lowest BCUT2D eigenvalue weighted by Crippen LogP contribution is -2.46. The van der Waals surface area contributed by atoms with E-state index in [-0.39, 0.29) is 23.2 Å². The topological polar surface area (TPSA) is 15.3 Å². The third-order valence-electron chi connectivity index (χ3n) is 4.68. The summed E-state index contributed by atoms with van der Waals surface area (Å²) < 4.78 is 13.4. The van der Waals surface area contributed by atoms with Crippen LogP contribution in [0.2, 0.25) is 5.02 Å². The van der Waals surface area contributed by atoms with Crippen LogP contribution in [0.5, 0.6) is 0 Å². The third kappa shape index (κ3) is 3.89. The smallest absolute Gasteiger partial charge is 0.141 e. The van der Waals surface area contributed by atoms with E-state index in [9.17, 15) is 4.39 Å². The van der Waals surface area contributed by atoms with E-state index in [1.165, 1.54) is 37.3 Å². The predicted octanol–water partition coefficient (Wildman–Crippen LogP) is 4.04. The molecule has 1 heterocycles. The Kier molecular flexibility index (Phi) is 6.30. The van der Waals surface area contributed by atoms with Crippen molar-refractivity contribution < 1.29 is 4.39 Å². The first-order chi connectivity index (χ1) is 9.75. The van der Waals surface area contributed by atoms with Crippen LogP contribution in [0.4, 0.5) is 4.39 Å². The maximum atomic E-state index is 13.4. The molecule has 5 heteroatoms. The van der Waals surface area contributed by atoms with Crippen molar-refractivity contribution in [2.45, 2.75) is 31.7 Å². The Morgan fingerprint density at radius 1 is 1.19 bits per heavy atom. The molecule has 1 saturated carbocycles. The minimum absolute atomic E-state index is 0. The summed E-state index contributed by atoms with van der Waals surface area (Å²) in [5, 5.41) is 3.65. The van der Waals surface area contributed by atoms with Gasteiger partial charge in [-0.25, -0.2) is 4.39 Å². The summed E-state index contributed by atoms with van der Waals surface area (Å²) in [6.45, 7) is 4.21. The van der Waals surface area contributed by atoms with E-state index in [0.717, 1.165) is 26.2 Å². The highest BCUT2D eigenvalue weighted by Crippen LogP contribution is 2.40. The van der Waals surface area contributed by atoms with Crippen molar-refractivity contribution >= 4 is 24.0 Å². The lowest BCUT2D eigenvalue weighted by atomic mass is 9.89. The average molecular weight is 333 g/mol. The maximum absolute atomic E-state index is 13.4. The number of nitrogens with zero attached hydrogens (tertiary/aromatic N) is 1. The molecule has 1 N–H and O–H groups in total. The van der Waals surface area contributed by atoms with Crippen molar-refractivity contribution in [1.29, 1.82) is 0 Å². The van der Waals surface area contributed by atoms with Crippen LogP contribution in [-0.2, 0) is 0 Å². The molecule has 1 aromatic carbocycles. The van der Waals surface area contributed by atoms with Crippen LogP contribution in [0.15, 0.2) is 18.2 Å². The Morgan fingerprint density at radius 3 is 2.48 bits per heavy atom. The molecule has 0 unspecified atom stereocenters. The van der Waals surface area contributed by atoms with Gasteiger partial charge >= 0.3 is 0 Å². The van der Waals surface area contributed by atoms with Crippen LogP contribution in [0, 0.1) is 11.7 Å². The SMILES string of the molecule is Cl.Fc1ccc([C@H](C2CCCC2)N2CCNCC2)cc1Cl. The molecule has 0 amide bonds. The highest BCUT2D eigenvalue weighted by molar-refractivity contribution is 6.30. The molecule has 0 bridgehead atoms. The molecule has 2 aliphatic rings. The number of halogens is 3. The Labute approximate surface area is 137 Å². The fourth-order valence-electron chi connectivity index (χ4n) is 3.71. The van der Waals surface area contributed by atoms with Crippen LogP contribution < -0.4 is 5.32 Å². The van der Waals surface area contributed by atoms with E-state index in [0.29, 0.717) is 12.0 Å². The third-order valence-corrected chi connectivity index (χ3v) is 4.97. The Bertz CT molecular complexity index is 458. The van der Waals surface area contributed by atoms with Crippen molar-refractivity contribution in [3.05, 3.63) is 34.6 Å². The van der Waals surface area contributed by atoms with E-state index in [1.807, 2.05) is 12.1 Å². The molecule has 3 rings (SSSR count). The molecule has 0 spiro atoms. The van der Waals surface area contributed by atoms with Crippen LogP contribution in [0.3, 0.4) is 0 Å². The Morgan fingerprint density at radius 2 is 1.86 bits per heavy atom. The first-order valence-corrected chi connectivity index (χ1v) is 8.03. The highest BCUT2D eigenvalue weighted by Gasteiger charge is 2.32. The second-order valence-electron chi connectivity index (χ2n) is 5.95. The van der Waals surface area contributed by atoms with Gasteiger partial charge in [0.1, 0.15) is 5.82 Å². The Balaban J connectivity index is 0.00000161. The monoisotopic (exact) mass is 332 g/mol. The standard InChI is InChI=1S/C16H22ClFN2.ClH/c17-14-11-13(5-6-15(14)18)16(12-3-1-2-4-12)20-9-7-19-8-10-20;/h5-6,11-12,16,19H,1-4,7-10H2;1H/t16-;/m0./s1. The van der Waals surface area contributed by atoms with E-state index in [1.54, 1.807) is 0 Å². The summed E-state index contributed by atoms with van der Waals surface area (Å²) >= 11 is 6.00. The largest absolute Gasteiger partial charge is 0.314 e. The van der Waals surface area contributed by atoms with Crippen molar-refractivity contribution in [3.8, 4) is 0 Å². The summed E-state index contributed by atoms with van der Waals surface area (Å²) in [6.07, 6.45) is 5.21. The number of hydrogen-bond donors (Lipinski definition) is 1. The van der Waals surface area contributed by atoms with Crippen molar-refractivity contribution in [1.82, 2.24) is 10.2 Å². The molecule has 1 aliphatic carbocycles. The van der Waals surface area contributed by atoms with Gasteiger partial charge in [-0.15, -0.1) is 12.4 Å². The quantitative estimate of drug-likeness (QED) is 0.898.